The Balaban J connectivity index is 1.58. The van der Waals surface area contributed by atoms with Crippen LogP contribution in [-0.4, -0.2) is 52.0 Å². The van der Waals surface area contributed by atoms with Gasteiger partial charge in [-0.3, -0.25) is 9.59 Å². The summed E-state index contributed by atoms with van der Waals surface area (Å²) in [6.45, 7) is 4.26. The minimum atomic E-state index is -0.870. The number of Topliss-reactive ketones (excluding diaryl/α,β-unsaturated/α-hetero) is 1. The van der Waals surface area contributed by atoms with Gasteiger partial charge in [0.1, 0.15) is 11.5 Å². The van der Waals surface area contributed by atoms with E-state index in [1.54, 1.807) is 38.3 Å². The summed E-state index contributed by atoms with van der Waals surface area (Å²) in [4.78, 5) is 31.5. The number of carbonyl (C=O) groups is 2. The number of ketones is 1. The lowest BCUT2D eigenvalue weighted by Crippen LogP contribution is -2.31. The van der Waals surface area contributed by atoms with Gasteiger partial charge >= 0.3 is 0 Å². The van der Waals surface area contributed by atoms with Gasteiger partial charge in [0.25, 0.3) is 11.7 Å². The number of carbonyl (C=O) groups excluding carboxylic acids is 2. The molecule has 0 aliphatic carbocycles. The van der Waals surface area contributed by atoms with Gasteiger partial charge in [0.15, 0.2) is 11.5 Å². The Bertz CT molecular complexity index is 1580. The number of phenols is 1. The van der Waals surface area contributed by atoms with Crippen molar-refractivity contribution >= 4 is 28.4 Å². The first-order chi connectivity index (χ1) is 18.8. The molecule has 1 aliphatic rings. The van der Waals surface area contributed by atoms with Crippen molar-refractivity contribution in [2.45, 2.75) is 26.3 Å². The molecule has 5 rings (SSSR count). The number of aromatic hydroxyl groups is 1. The lowest BCUT2D eigenvalue weighted by Gasteiger charge is -2.26. The Morgan fingerprint density at radius 1 is 1.05 bits per heavy atom. The van der Waals surface area contributed by atoms with Crippen LogP contribution < -0.4 is 9.47 Å². The standard InChI is InChI=1S/C31H30N2O6/c1-4-39-26-15-20(9-12-25(26)34)28-27(29(35)19-7-5-18(2)6-8-19)30(36)31(37)33(28)14-13-21-17-32-24-11-10-22(38-3)16-23(21)24/h5-12,15-17,28,32,34-35H,4,13-14H2,1-3H3/b29-27-. The van der Waals surface area contributed by atoms with Crippen LogP contribution in [0.1, 0.15) is 35.2 Å². The van der Waals surface area contributed by atoms with Crippen LogP contribution in [0.25, 0.3) is 16.7 Å². The highest BCUT2D eigenvalue weighted by Gasteiger charge is 2.46. The number of phenolic OH excluding ortho intramolecular Hbond substituents is 1. The highest BCUT2D eigenvalue weighted by molar-refractivity contribution is 6.46. The van der Waals surface area contributed by atoms with Crippen molar-refractivity contribution in [1.29, 1.82) is 0 Å². The zero-order valence-corrected chi connectivity index (χ0v) is 22.0. The maximum absolute atomic E-state index is 13.4. The molecular weight excluding hydrogens is 496 g/mol. The van der Waals surface area contributed by atoms with Gasteiger partial charge in [0, 0.05) is 29.2 Å². The molecule has 3 N–H and O–H groups in total. The third kappa shape index (κ3) is 4.81. The molecule has 3 aromatic carbocycles. The number of amides is 1. The van der Waals surface area contributed by atoms with Crippen molar-refractivity contribution in [3.63, 3.8) is 0 Å². The summed E-state index contributed by atoms with van der Waals surface area (Å²) in [6, 6.07) is 16.7. The summed E-state index contributed by atoms with van der Waals surface area (Å²) in [5.41, 5.74) is 3.88. The number of rotatable bonds is 8. The van der Waals surface area contributed by atoms with Crippen LogP contribution in [0, 0.1) is 6.92 Å². The summed E-state index contributed by atoms with van der Waals surface area (Å²) >= 11 is 0. The van der Waals surface area contributed by atoms with Crippen molar-refractivity contribution in [3.05, 3.63) is 94.7 Å². The number of methoxy groups -OCH3 is 1. The fourth-order valence-electron chi connectivity index (χ4n) is 5.03. The van der Waals surface area contributed by atoms with Crippen LogP contribution in [0.4, 0.5) is 0 Å². The van der Waals surface area contributed by atoms with Crippen molar-refractivity contribution in [1.82, 2.24) is 9.88 Å². The zero-order chi connectivity index (χ0) is 27.7. The van der Waals surface area contributed by atoms with Gasteiger partial charge in [-0.25, -0.2) is 0 Å². The lowest BCUT2D eigenvalue weighted by molar-refractivity contribution is -0.139. The number of aryl methyl sites for hydroxylation is 1. The number of aliphatic hydroxyl groups is 1. The van der Waals surface area contributed by atoms with Crippen molar-refractivity contribution in [2.24, 2.45) is 0 Å². The largest absolute Gasteiger partial charge is 0.507 e. The molecule has 2 heterocycles. The predicted molar refractivity (Wildman–Crippen MR) is 148 cm³/mol. The van der Waals surface area contributed by atoms with Gasteiger partial charge in [0.05, 0.1) is 25.3 Å². The Morgan fingerprint density at radius 3 is 2.54 bits per heavy atom. The van der Waals surface area contributed by atoms with Crippen LogP contribution in [0.3, 0.4) is 0 Å². The van der Waals surface area contributed by atoms with Gasteiger partial charge in [0.2, 0.25) is 0 Å². The topological polar surface area (TPSA) is 112 Å². The van der Waals surface area contributed by atoms with E-state index >= 15 is 0 Å². The first-order valence-electron chi connectivity index (χ1n) is 12.8. The molecule has 1 aromatic heterocycles. The SMILES string of the molecule is CCOc1cc(C2/C(=C(/O)c3ccc(C)cc3)C(=O)C(=O)N2CCc2c[nH]c3ccc(OC)cc23)ccc1O. The maximum atomic E-state index is 13.4. The molecule has 0 spiro atoms. The van der Waals surface area contributed by atoms with E-state index in [1.807, 2.05) is 43.5 Å². The number of benzene rings is 3. The Hall–Kier alpha value is -4.72. The van der Waals surface area contributed by atoms with E-state index in [0.717, 1.165) is 27.8 Å². The number of nitrogens with zero attached hydrogens (tertiary/aromatic N) is 1. The second kappa shape index (κ2) is 10.6. The van der Waals surface area contributed by atoms with Crippen LogP contribution in [0.5, 0.6) is 17.2 Å². The van der Waals surface area contributed by atoms with Crippen LogP contribution in [0.15, 0.2) is 72.4 Å². The Kier molecular flexibility index (Phi) is 7.02. The third-order valence-electron chi connectivity index (χ3n) is 7.06. The summed E-state index contributed by atoms with van der Waals surface area (Å²) in [5.74, 6) is -0.802. The maximum Gasteiger partial charge on any atom is 0.295 e. The summed E-state index contributed by atoms with van der Waals surface area (Å²) in [7, 11) is 1.61. The van der Waals surface area contributed by atoms with Gasteiger partial charge in [-0.2, -0.15) is 0 Å². The molecule has 1 atom stereocenters. The Labute approximate surface area is 226 Å². The molecule has 1 saturated heterocycles. The quantitative estimate of drug-likeness (QED) is 0.164. The molecular formula is C31H30N2O6. The number of H-pyrrole nitrogens is 1. The highest BCUT2D eigenvalue weighted by Crippen LogP contribution is 2.42. The summed E-state index contributed by atoms with van der Waals surface area (Å²) < 4.78 is 10.9. The van der Waals surface area contributed by atoms with Crippen LogP contribution in [0.2, 0.25) is 0 Å². The molecule has 1 unspecified atom stereocenters. The molecule has 0 bridgehead atoms. The number of aromatic amines is 1. The minimum Gasteiger partial charge on any atom is -0.507 e. The van der Waals surface area contributed by atoms with E-state index in [1.165, 1.54) is 11.0 Å². The average Bonchev–Trinajstić information content (AvgIpc) is 3.46. The first kappa shape index (κ1) is 25.9. The second-order valence-electron chi connectivity index (χ2n) is 9.49. The zero-order valence-electron chi connectivity index (χ0n) is 22.0. The Morgan fingerprint density at radius 2 is 1.82 bits per heavy atom. The number of hydrogen-bond donors (Lipinski definition) is 3. The van der Waals surface area contributed by atoms with Crippen LogP contribution >= 0.6 is 0 Å². The molecule has 0 saturated carbocycles. The van der Waals surface area contributed by atoms with Gasteiger partial charge in [-0.15, -0.1) is 0 Å². The number of fused-ring (bicyclic) bond motifs is 1. The van der Waals surface area contributed by atoms with E-state index in [4.69, 9.17) is 9.47 Å². The van der Waals surface area contributed by atoms with Crippen LogP contribution in [-0.2, 0) is 16.0 Å². The van der Waals surface area contributed by atoms with Gasteiger partial charge in [-0.05, 0) is 61.7 Å². The molecule has 39 heavy (non-hydrogen) atoms. The fourth-order valence-corrected chi connectivity index (χ4v) is 5.03. The molecule has 8 heteroatoms. The first-order valence-corrected chi connectivity index (χ1v) is 12.8. The molecule has 4 aromatic rings. The molecule has 1 fully saturated rings. The number of aliphatic hydroxyl groups excluding tert-OH is 1. The highest BCUT2D eigenvalue weighted by atomic mass is 16.5. The third-order valence-corrected chi connectivity index (χ3v) is 7.06. The van der Waals surface area contributed by atoms with E-state index in [0.29, 0.717) is 24.2 Å². The molecule has 1 amide bonds. The van der Waals surface area contributed by atoms with Gasteiger partial charge < -0.3 is 29.6 Å². The second-order valence-corrected chi connectivity index (χ2v) is 9.49. The number of ether oxygens (including phenoxy) is 2. The predicted octanol–water partition coefficient (Wildman–Crippen LogP) is 5.25. The van der Waals surface area contributed by atoms with Gasteiger partial charge in [-0.1, -0.05) is 35.9 Å². The van der Waals surface area contributed by atoms with E-state index < -0.39 is 17.7 Å². The summed E-state index contributed by atoms with van der Waals surface area (Å²) in [5, 5.41) is 22.6. The van der Waals surface area contributed by atoms with E-state index in [9.17, 15) is 19.8 Å². The smallest absolute Gasteiger partial charge is 0.295 e. The monoisotopic (exact) mass is 526 g/mol. The average molecular weight is 527 g/mol. The number of nitrogens with one attached hydrogen (secondary N) is 1. The van der Waals surface area contributed by atoms with E-state index in [-0.39, 0.29) is 29.4 Å². The van der Waals surface area contributed by atoms with Crippen molar-refractivity contribution in [3.8, 4) is 17.2 Å². The molecule has 200 valence electrons. The van der Waals surface area contributed by atoms with Crippen molar-refractivity contribution < 1.29 is 29.3 Å². The molecule has 8 nitrogen and oxygen atoms in total. The number of likely N-dealkylation sites (tertiary alicyclic amines) is 1. The molecule has 1 aliphatic heterocycles. The van der Waals surface area contributed by atoms with E-state index in [2.05, 4.69) is 4.98 Å². The molecule has 0 radical (unpaired) electrons. The number of aromatic nitrogens is 1. The lowest BCUT2D eigenvalue weighted by atomic mass is 9.94. The van der Waals surface area contributed by atoms with Crippen molar-refractivity contribution in [2.75, 3.05) is 20.3 Å². The minimum absolute atomic E-state index is 0.00223. The normalized spacial score (nSPS) is 16.7. The number of hydrogen-bond acceptors (Lipinski definition) is 6. The fraction of sp³-hybridized carbons (Fsp3) is 0.226. The summed E-state index contributed by atoms with van der Waals surface area (Å²) in [6.07, 6.45) is 2.34.